The molecule has 2 rings (SSSR count). The molecule has 1 saturated heterocycles. The monoisotopic (exact) mass is 220 g/mol. The van der Waals surface area contributed by atoms with Gasteiger partial charge in [0.1, 0.15) is 0 Å². The van der Waals surface area contributed by atoms with Gasteiger partial charge in [0.05, 0.1) is 18.0 Å². The van der Waals surface area contributed by atoms with Crippen molar-refractivity contribution in [3.8, 4) is 0 Å². The molecule has 16 heavy (non-hydrogen) atoms. The Labute approximate surface area is 92.7 Å². The summed E-state index contributed by atoms with van der Waals surface area (Å²) in [5.74, 6) is -0.116. The van der Waals surface area contributed by atoms with Crippen LogP contribution in [0.2, 0.25) is 0 Å². The zero-order valence-electron chi connectivity index (χ0n) is 8.72. The Morgan fingerprint density at radius 3 is 3.00 bits per heavy atom. The molecule has 0 aromatic carbocycles. The number of carbonyl (C=O) groups excluding carboxylic acids is 2. The second-order valence-corrected chi connectivity index (χ2v) is 3.52. The molecule has 0 radical (unpaired) electrons. The average molecular weight is 220 g/mol. The van der Waals surface area contributed by atoms with E-state index in [4.69, 9.17) is 0 Å². The van der Waals surface area contributed by atoms with Crippen LogP contribution < -0.4 is 5.32 Å². The van der Waals surface area contributed by atoms with Crippen LogP contribution in [0.1, 0.15) is 16.8 Å². The van der Waals surface area contributed by atoms with E-state index in [1.54, 1.807) is 11.0 Å². The van der Waals surface area contributed by atoms with Crippen LogP contribution in [-0.2, 0) is 4.79 Å². The van der Waals surface area contributed by atoms with Gasteiger partial charge in [-0.1, -0.05) is 0 Å². The van der Waals surface area contributed by atoms with E-state index < -0.39 is 0 Å². The van der Waals surface area contributed by atoms with Gasteiger partial charge in [-0.2, -0.15) is 10.2 Å². The highest BCUT2D eigenvalue weighted by atomic mass is 16.2. The number of amides is 2. The predicted octanol–water partition coefficient (Wildman–Crippen LogP) is -0.561. The molecule has 2 heterocycles. The van der Waals surface area contributed by atoms with Crippen molar-refractivity contribution in [1.29, 1.82) is 0 Å². The molecule has 6 nitrogen and oxygen atoms in total. The minimum Gasteiger partial charge on any atom is -0.354 e. The molecule has 1 aliphatic rings. The maximum Gasteiger partial charge on any atom is 0.255 e. The van der Waals surface area contributed by atoms with Crippen LogP contribution in [0, 0.1) is 0 Å². The molecule has 2 amide bonds. The Kier molecular flexibility index (Phi) is 3.09. The fourth-order valence-corrected chi connectivity index (χ4v) is 1.57. The van der Waals surface area contributed by atoms with Crippen LogP contribution in [0.4, 0.5) is 0 Å². The molecule has 84 valence electrons. The van der Waals surface area contributed by atoms with Crippen molar-refractivity contribution < 1.29 is 9.59 Å². The van der Waals surface area contributed by atoms with E-state index in [0.29, 0.717) is 31.6 Å². The number of hydrogen-bond acceptors (Lipinski definition) is 4. The summed E-state index contributed by atoms with van der Waals surface area (Å²) in [6.07, 6.45) is 3.27. The maximum atomic E-state index is 12.0. The van der Waals surface area contributed by atoms with E-state index in [9.17, 15) is 9.59 Å². The molecule has 6 heteroatoms. The third-order valence-electron chi connectivity index (χ3n) is 2.43. The molecule has 0 unspecified atom stereocenters. The molecule has 1 aliphatic heterocycles. The molecular formula is C10H12N4O2. The number of aromatic nitrogens is 2. The Bertz CT molecular complexity index is 393. The van der Waals surface area contributed by atoms with Crippen LogP contribution in [0.5, 0.6) is 0 Å². The summed E-state index contributed by atoms with van der Waals surface area (Å²) in [6, 6.07) is 1.62. The lowest BCUT2D eigenvalue weighted by atomic mass is 10.2. The highest BCUT2D eigenvalue weighted by Gasteiger charge is 2.19. The Hall–Kier alpha value is -1.98. The van der Waals surface area contributed by atoms with Crippen LogP contribution in [0.3, 0.4) is 0 Å². The van der Waals surface area contributed by atoms with Gasteiger partial charge in [0.25, 0.3) is 5.91 Å². The Morgan fingerprint density at radius 1 is 1.38 bits per heavy atom. The van der Waals surface area contributed by atoms with Crippen molar-refractivity contribution in [2.24, 2.45) is 0 Å². The summed E-state index contributed by atoms with van der Waals surface area (Å²) >= 11 is 0. The molecule has 1 N–H and O–H groups in total. The smallest absolute Gasteiger partial charge is 0.255 e. The predicted molar refractivity (Wildman–Crippen MR) is 55.6 cm³/mol. The normalized spacial score (nSPS) is 16.5. The largest absolute Gasteiger partial charge is 0.354 e. The number of rotatable bonds is 1. The second kappa shape index (κ2) is 4.69. The molecule has 1 fully saturated rings. The first kappa shape index (κ1) is 10.5. The van der Waals surface area contributed by atoms with Gasteiger partial charge in [-0.25, -0.2) is 0 Å². The third-order valence-corrected chi connectivity index (χ3v) is 2.43. The maximum absolute atomic E-state index is 12.0. The first-order valence-corrected chi connectivity index (χ1v) is 5.10. The van der Waals surface area contributed by atoms with Gasteiger partial charge in [-0.3, -0.25) is 9.59 Å². The summed E-state index contributed by atoms with van der Waals surface area (Å²) < 4.78 is 0. The van der Waals surface area contributed by atoms with Crippen molar-refractivity contribution >= 4 is 11.8 Å². The SMILES string of the molecule is O=C1CCN(C(=O)c2ccnnc2)CCN1. The quantitative estimate of drug-likeness (QED) is 0.688. The summed E-state index contributed by atoms with van der Waals surface area (Å²) in [7, 11) is 0. The zero-order valence-corrected chi connectivity index (χ0v) is 8.72. The summed E-state index contributed by atoms with van der Waals surface area (Å²) in [6.45, 7) is 1.49. The van der Waals surface area contributed by atoms with E-state index >= 15 is 0 Å². The standard InChI is InChI=1S/C10H12N4O2/c15-9-2-5-14(6-4-11-9)10(16)8-1-3-12-13-7-8/h1,3,7H,2,4-6H2,(H,11,15). The average Bonchev–Trinajstić information content (AvgIpc) is 2.54. The molecule has 0 aliphatic carbocycles. The zero-order chi connectivity index (χ0) is 11.4. The van der Waals surface area contributed by atoms with Gasteiger partial charge in [0.2, 0.25) is 5.91 Å². The second-order valence-electron chi connectivity index (χ2n) is 3.52. The fraction of sp³-hybridized carbons (Fsp3) is 0.400. The topological polar surface area (TPSA) is 75.2 Å². The molecule has 0 spiro atoms. The van der Waals surface area contributed by atoms with Gasteiger partial charge in [-0.15, -0.1) is 0 Å². The first-order valence-electron chi connectivity index (χ1n) is 5.10. The highest BCUT2D eigenvalue weighted by molar-refractivity contribution is 5.94. The van der Waals surface area contributed by atoms with E-state index in [1.165, 1.54) is 12.4 Å². The highest BCUT2D eigenvalue weighted by Crippen LogP contribution is 2.04. The van der Waals surface area contributed by atoms with Crippen molar-refractivity contribution in [3.63, 3.8) is 0 Å². The van der Waals surface area contributed by atoms with E-state index in [0.717, 1.165) is 0 Å². The first-order chi connectivity index (χ1) is 7.77. The number of nitrogens with one attached hydrogen (secondary N) is 1. The van der Waals surface area contributed by atoms with Gasteiger partial charge < -0.3 is 10.2 Å². The summed E-state index contributed by atoms with van der Waals surface area (Å²) in [5.41, 5.74) is 0.504. The van der Waals surface area contributed by atoms with Gasteiger partial charge in [0.15, 0.2) is 0 Å². The number of carbonyl (C=O) groups is 2. The summed E-state index contributed by atoms with van der Waals surface area (Å²) in [5, 5.41) is 10.00. The molecule has 1 aromatic heterocycles. The Morgan fingerprint density at radius 2 is 2.25 bits per heavy atom. The van der Waals surface area contributed by atoms with Crippen molar-refractivity contribution in [2.75, 3.05) is 19.6 Å². The van der Waals surface area contributed by atoms with E-state index in [-0.39, 0.29) is 11.8 Å². The lowest BCUT2D eigenvalue weighted by molar-refractivity contribution is -0.120. The van der Waals surface area contributed by atoms with Crippen molar-refractivity contribution in [1.82, 2.24) is 20.4 Å². The molecule has 0 atom stereocenters. The van der Waals surface area contributed by atoms with Gasteiger partial charge >= 0.3 is 0 Å². The van der Waals surface area contributed by atoms with Gasteiger partial charge in [0, 0.05) is 26.1 Å². The molecular weight excluding hydrogens is 208 g/mol. The van der Waals surface area contributed by atoms with E-state index in [1.807, 2.05) is 0 Å². The number of nitrogens with zero attached hydrogens (tertiary/aromatic N) is 3. The lowest BCUT2D eigenvalue weighted by Crippen LogP contribution is -2.34. The van der Waals surface area contributed by atoms with Crippen molar-refractivity contribution in [2.45, 2.75) is 6.42 Å². The number of hydrogen-bond donors (Lipinski definition) is 1. The fourth-order valence-electron chi connectivity index (χ4n) is 1.57. The Balaban J connectivity index is 2.07. The molecule has 1 aromatic rings. The molecule has 0 saturated carbocycles. The van der Waals surface area contributed by atoms with Crippen LogP contribution >= 0.6 is 0 Å². The third kappa shape index (κ3) is 2.33. The summed E-state index contributed by atoms with van der Waals surface area (Å²) in [4.78, 5) is 24.7. The van der Waals surface area contributed by atoms with Crippen LogP contribution in [0.15, 0.2) is 18.5 Å². The minimum atomic E-state index is -0.105. The van der Waals surface area contributed by atoms with Crippen molar-refractivity contribution in [3.05, 3.63) is 24.0 Å². The molecule has 0 bridgehead atoms. The van der Waals surface area contributed by atoms with E-state index in [2.05, 4.69) is 15.5 Å². The van der Waals surface area contributed by atoms with Crippen LogP contribution in [-0.4, -0.2) is 46.5 Å². The van der Waals surface area contributed by atoms with Crippen LogP contribution in [0.25, 0.3) is 0 Å². The van der Waals surface area contributed by atoms with Gasteiger partial charge in [-0.05, 0) is 6.07 Å². The minimum absolute atomic E-state index is 0.0110. The lowest BCUT2D eigenvalue weighted by Gasteiger charge is -2.18.